The van der Waals surface area contributed by atoms with Gasteiger partial charge in [0.15, 0.2) is 0 Å². The molecule has 4 aliphatic rings. The van der Waals surface area contributed by atoms with E-state index >= 15 is 0 Å². The van der Waals surface area contributed by atoms with Crippen LogP contribution in [0.15, 0.2) is 133 Å². The minimum absolute atomic E-state index is 0.107. The standard InChI is InChI=1S/C50H40B2O2Se4/c1-49(2,3)29-15-19-31(20-16-29)53-33-23-43-47-45(25-33)57-41-28-42-38(27-37(41)51(47)35-11-7-9-13-39(35)55-43)52-36-12-8-10-14-40(36)56-44-24-34(26-46(58-42)48(44)52)54-32-21-17-30(18-22-32)50(4,5)6/h7-28H,1-6H3. The van der Waals surface area contributed by atoms with Crippen molar-refractivity contribution in [3.05, 3.63) is 145 Å². The molecule has 0 aliphatic carbocycles. The maximum absolute atomic E-state index is 6.69. The number of rotatable bonds is 4. The van der Waals surface area contributed by atoms with Crippen molar-refractivity contribution in [2.75, 3.05) is 0 Å². The van der Waals surface area contributed by atoms with Gasteiger partial charge in [-0.1, -0.05) is 0 Å². The van der Waals surface area contributed by atoms with Crippen LogP contribution in [0.5, 0.6) is 23.0 Å². The SMILES string of the molecule is CC(C)(C)c1ccc(Oc2cc3c4c(c2)[Se]c2cc5c(cc2B4c2ccccc2[Se]3)B2c3ccccc3[Se]c3cc(Oc4ccc(C(C)(C)C)cc4)cc(c32)[Se]5)cc1. The summed E-state index contributed by atoms with van der Waals surface area (Å²) in [5.74, 6) is 3.73. The van der Waals surface area contributed by atoms with Crippen LogP contribution in [0, 0.1) is 0 Å². The Labute approximate surface area is 368 Å². The van der Waals surface area contributed by atoms with Gasteiger partial charge in [0.05, 0.1) is 0 Å². The second-order valence-electron chi connectivity index (χ2n) is 17.7. The second-order valence-corrected chi connectivity index (χ2v) is 26.8. The van der Waals surface area contributed by atoms with E-state index in [9.17, 15) is 0 Å². The maximum atomic E-state index is 6.69. The first-order valence-corrected chi connectivity index (χ1v) is 26.8. The van der Waals surface area contributed by atoms with Gasteiger partial charge in [0.25, 0.3) is 0 Å². The van der Waals surface area contributed by atoms with Gasteiger partial charge in [0.2, 0.25) is 0 Å². The monoisotopic (exact) mass is 1010 g/mol. The van der Waals surface area contributed by atoms with E-state index in [0.29, 0.717) is 0 Å². The first-order chi connectivity index (χ1) is 27.9. The Hall–Kier alpha value is -3.65. The van der Waals surface area contributed by atoms with Gasteiger partial charge < -0.3 is 0 Å². The van der Waals surface area contributed by atoms with Gasteiger partial charge in [0, 0.05) is 0 Å². The van der Waals surface area contributed by atoms with Crippen molar-refractivity contribution in [1.29, 1.82) is 0 Å². The summed E-state index contributed by atoms with van der Waals surface area (Å²) in [6, 6.07) is 50.7. The van der Waals surface area contributed by atoms with E-state index in [0.717, 1.165) is 23.0 Å². The van der Waals surface area contributed by atoms with Crippen LogP contribution in [-0.2, 0) is 10.8 Å². The van der Waals surface area contributed by atoms with Gasteiger partial charge in [-0.05, 0) is 0 Å². The van der Waals surface area contributed by atoms with Crippen LogP contribution in [-0.4, -0.2) is 73.3 Å². The summed E-state index contributed by atoms with van der Waals surface area (Å²) < 4.78 is 25.3. The Kier molecular flexibility index (Phi) is 8.99. The van der Waals surface area contributed by atoms with Gasteiger partial charge in [-0.15, -0.1) is 0 Å². The van der Waals surface area contributed by atoms with Crippen molar-refractivity contribution in [2.24, 2.45) is 0 Å². The van der Waals surface area contributed by atoms with Crippen molar-refractivity contribution in [3.8, 4) is 23.0 Å². The van der Waals surface area contributed by atoms with Gasteiger partial charge in [0.1, 0.15) is 0 Å². The number of fused-ring (bicyclic) bond motifs is 8. The molecule has 2 nitrogen and oxygen atoms in total. The molecule has 0 bridgehead atoms. The van der Waals surface area contributed by atoms with Crippen LogP contribution < -0.4 is 77.9 Å². The van der Waals surface area contributed by atoms with Crippen LogP contribution in [0.4, 0.5) is 0 Å². The summed E-state index contributed by atoms with van der Waals surface area (Å²) in [5, 5.41) is 0. The molecule has 0 N–H and O–H groups in total. The Morgan fingerprint density at radius 2 is 0.707 bits per heavy atom. The Bertz CT molecular complexity index is 2630. The van der Waals surface area contributed by atoms with Crippen LogP contribution >= 0.6 is 0 Å². The molecule has 282 valence electrons. The molecule has 4 heterocycles. The minimum atomic E-state index is 0.107. The predicted octanol–water partition coefficient (Wildman–Crippen LogP) is 0.772. The molecule has 0 spiro atoms. The fraction of sp³-hybridized carbons (Fsp3) is 0.160. The van der Waals surface area contributed by atoms with E-state index in [1.807, 2.05) is 0 Å². The summed E-state index contributed by atoms with van der Waals surface area (Å²) in [5.41, 5.74) is 12.0. The van der Waals surface area contributed by atoms with Crippen LogP contribution in [0.2, 0.25) is 0 Å². The van der Waals surface area contributed by atoms with Crippen molar-refractivity contribution in [2.45, 2.75) is 52.4 Å². The summed E-state index contributed by atoms with van der Waals surface area (Å²) in [6.45, 7) is 14.0. The molecule has 0 amide bonds. The zero-order valence-corrected chi connectivity index (χ0v) is 40.2. The molecule has 8 heteroatoms. The molecule has 7 aromatic rings. The predicted molar refractivity (Wildman–Crippen MR) is 252 cm³/mol. The van der Waals surface area contributed by atoms with Crippen molar-refractivity contribution < 1.29 is 9.47 Å². The molecule has 4 aliphatic heterocycles. The molecular formula is C50H40B2O2Se4. The number of hydrogen-bond acceptors (Lipinski definition) is 2. The molecule has 0 fully saturated rings. The Balaban J connectivity index is 1.01. The summed E-state index contributed by atoms with van der Waals surface area (Å²) in [6.07, 6.45) is 0. The summed E-state index contributed by atoms with van der Waals surface area (Å²) in [7, 11) is 0. The van der Waals surface area contributed by atoms with Crippen LogP contribution in [0.3, 0.4) is 0 Å². The topological polar surface area (TPSA) is 18.5 Å². The summed E-state index contributed by atoms with van der Waals surface area (Å²) >= 11 is 0.735. The normalized spacial score (nSPS) is 14.4. The van der Waals surface area contributed by atoms with Gasteiger partial charge in [-0.2, -0.15) is 0 Å². The zero-order valence-electron chi connectivity index (χ0n) is 33.3. The van der Waals surface area contributed by atoms with E-state index in [-0.39, 0.29) is 84.1 Å². The molecular weight excluding hydrogens is 970 g/mol. The third-order valence-electron chi connectivity index (χ3n) is 11.7. The fourth-order valence-electron chi connectivity index (χ4n) is 8.78. The number of hydrogen-bond donors (Lipinski definition) is 0. The zero-order chi connectivity index (χ0) is 39.5. The van der Waals surface area contributed by atoms with E-state index in [4.69, 9.17) is 9.47 Å². The van der Waals surface area contributed by atoms with Crippen molar-refractivity contribution in [3.63, 3.8) is 0 Å². The number of ether oxygens (including phenoxy) is 2. The van der Waals surface area contributed by atoms with Gasteiger partial charge in [-0.25, -0.2) is 0 Å². The average Bonchev–Trinajstić information content (AvgIpc) is 3.19. The molecule has 0 unspecified atom stereocenters. The summed E-state index contributed by atoms with van der Waals surface area (Å²) in [4.78, 5) is 0. The van der Waals surface area contributed by atoms with Crippen LogP contribution in [0.1, 0.15) is 52.7 Å². The quantitative estimate of drug-likeness (QED) is 0.243. The molecule has 7 aromatic carbocycles. The first kappa shape index (κ1) is 37.4. The molecule has 0 aromatic heterocycles. The third-order valence-corrected chi connectivity index (χ3v) is 21.3. The molecule has 0 saturated carbocycles. The van der Waals surface area contributed by atoms with Crippen molar-refractivity contribution >= 4 is 142 Å². The molecule has 0 saturated heterocycles. The fourth-order valence-corrected chi connectivity index (χ4v) is 20.0. The number of benzene rings is 7. The molecule has 58 heavy (non-hydrogen) atoms. The Morgan fingerprint density at radius 3 is 1.09 bits per heavy atom. The van der Waals surface area contributed by atoms with Gasteiger partial charge in [-0.3, -0.25) is 0 Å². The van der Waals surface area contributed by atoms with E-state index in [1.165, 1.54) is 68.7 Å². The van der Waals surface area contributed by atoms with E-state index in [1.54, 1.807) is 10.9 Å². The van der Waals surface area contributed by atoms with Gasteiger partial charge >= 0.3 is 371 Å². The Morgan fingerprint density at radius 1 is 0.345 bits per heavy atom. The van der Waals surface area contributed by atoms with E-state index < -0.39 is 0 Å². The van der Waals surface area contributed by atoms with Crippen LogP contribution in [0.25, 0.3) is 0 Å². The molecule has 0 radical (unpaired) electrons. The average molecular weight is 1010 g/mol. The first-order valence-electron chi connectivity index (χ1n) is 19.9. The van der Waals surface area contributed by atoms with E-state index in [2.05, 4.69) is 175 Å². The molecule has 11 rings (SSSR count). The third kappa shape index (κ3) is 6.44. The molecule has 0 atom stereocenters. The van der Waals surface area contributed by atoms with Crippen molar-refractivity contribution in [1.82, 2.24) is 0 Å². The second kappa shape index (κ2) is 14.0.